The third-order valence-corrected chi connectivity index (χ3v) is 7.37. The van der Waals surface area contributed by atoms with Gasteiger partial charge in [-0.15, -0.1) is 0 Å². The lowest BCUT2D eigenvalue weighted by Gasteiger charge is -2.28. The Bertz CT molecular complexity index is 1560. The Morgan fingerprint density at radius 2 is 1.74 bits per heavy atom. The highest BCUT2D eigenvalue weighted by atomic mass is 35.5. The zero-order chi connectivity index (χ0) is 30.2. The molecule has 3 aromatic carbocycles. The number of carboxylic acid groups (broad SMARTS) is 1. The van der Waals surface area contributed by atoms with Crippen molar-refractivity contribution in [3.8, 4) is 17.2 Å². The highest BCUT2D eigenvalue weighted by molar-refractivity contribution is 6.30. The first-order chi connectivity index (χ1) is 20.0. The molecule has 0 aromatic heterocycles. The molecule has 0 saturated heterocycles. The molecule has 0 radical (unpaired) electrons. The Hall–Kier alpha value is -4.38. The van der Waals surface area contributed by atoms with Gasteiger partial charge in [0.05, 0.1) is 19.8 Å². The van der Waals surface area contributed by atoms with Crippen LogP contribution in [0, 0.1) is 0 Å². The first-order valence-electron chi connectivity index (χ1n) is 12.9. The molecule has 220 valence electrons. The van der Waals surface area contributed by atoms with Crippen LogP contribution in [0.25, 0.3) is 0 Å². The second kappa shape index (κ2) is 11.5. The molecule has 5 rings (SSSR count). The summed E-state index contributed by atoms with van der Waals surface area (Å²) in [7, 11) is 2.64. The fourth-order valence-electron chi connectivity index (χ4n) is 4.96. The predicted octanol–water partition coefficient (Wildman–Crippen LogP) is 6.28. The molecule has 1 aliphatic heterocycles. The highest BCUT2D eigenvalue weighted by Gasteiger charge is 2.39. The van der Waals surface area contributed by atoms with E-state index in [2.05, 4.69) is 5.32 Å². The maximum atomic E-state index is 14.1. The number of carbonyl (C=O) groups is 2. The van der Waals surface area contributed by atoms with Crippen molar-refractivity contribution in [3.05, 3.63) is 88.0 Å². The summed E-state index contributed by atoms with van der Waals surface area (Å²) in [6.07, 6.45) is -3.02. The molecule has 0 fully saturated rings. The van der Waals surface area contributed by atoms with Crippen molar-refractivity contribution >= 4 is 34.9 Å². The normalized spacial score (nSPS) is 16.6. The van der Waals surface area contributed by atoms with E-state index in [1.807, 2.05) is 0 Å². The average molecular weight is 603 g/mol. The molecule has 1 amide bonds. The average Bonchev–Trinajstić information content (AvgIpc) is 3.35. The van der Waals surface area contributed by atoms with Crippen LogP contribution >= 0.6 is 11.6 Å². The van der Waals surface area contributed by atoms with Crippen LogP contribution in [-0.2, 0) is 22.2 Å². The number of anilines is 2. The molecule has 12 heteroatoms. The van der Waals surface area contributed by atoms with Gasteiger partial charge in [-0.05, 0) is 47.9 Å². The second-order valence-electron chi connectivity index (χ2n) is 9.80. The van der Waals surface area contributed by atoms with Gasteiger partial charge < -0.3 is 29.5 Å². The lowest BCUT2D eigenvalue weighted by Crippen LogP contribution is -2.37. The summed E-state index contributed by atoms with van der Waals surface area (Å²) in [5, 5.41) is 12.7. The van der Waals surface area contributed by atoms with Gasteiger partial charge in [0.25, 0.3) is 5.91 Å². The van der Waals surface area contributed by atoms with Crippen LogP contribution in [0.2, 0.25) is 5.02 Å². The number of fused-ring (bicyclic) bond motifs is 1. The Labute approximate surface area is 244 Å². The number of alkyl halides is 3. The Kier molecular flexibility index (Phi) is 7.96. The second-order valence-corrected chi connectivity index (χ2v) is 10.2. The maximum absolute atomic E-state index is 14.1. The van der Waals surface area contributed by atoms with E-state index in [4.69, 9.17) is 30.9 Å². The number of rotatable bonds is 9. The molecule has 0 spiro atoms. The van der Waals surface area contributed by atoms with E-state index in [-0.39, 0.29) is 30.0 Å². The first kappa shape index (κ1) is 29.1. The summed E-state index contributed by atoms with van der Waals surface area (Å²) in [5.74, 6) is -1.00. The van der Waals surface area contributed by atoms with Crippen molar-refractivity contribution in [2.24, 2.45) is 0 Å². The molecule has 3 aromatic rings. The van der Waals surface area contributed by atoms with Crippen LogP contribution < -0.4 is 24.4 Å². The Morgan fingerprint density at radius 3 is 2.36 bits per heavy atom. The predicted molar refractivity (Wildman–Crippen MR) is 150 cm³/mol. The first-order valence-corrected chi connectivity index (χ1v) is 13.3. The molecular weight excluding hydrogens is 577 g/mol. The smallest absolute Gasteiger partial charge is 0.420 e. The largest absolute Gasteiger partial charge is 0.497 e. The number of hydrogen-bond donors (Lipinski definition) is 2. The van der Waals surface area contributed by atoms with Crippen molar-refractivity contribution in [1.82, 2.24) is 0 Å². The van der Waals surface area contributed by atoms with Crippen molar-refractivity contribution in [3.63, 3.8) is 0 Å². The number of hydrogen-bond acceptors (Lipinski definition) is 6. The minimum absolute atomic E-state index is 0.162. The van der Waals surface area contributed by atoms with Crippen LogP contribution in [0.4, 0.5) is 24.5 Å². The number of aliphatic carboxylic acids is 1. The van der Waals surface area contributed by atoms with E-state index in [0.29, 0.717) is 39.8 Å². The van der Waals surface area contributed by atoms with Crippen molar-refractivity contribution in [1.29, 1.82) is 0 Å². The molecule has 2 atom stereocenters. The van der Waals surface area contributed by atoms with Gasteiger partial charge in [-0.25, -0.2) is 4.79 Å². The number of ether oxygens (including phenoxy) is 3. The van der Waals surface area contributed by atoms with Gasteiger partial charge in [0.1, 0.15) is 29.4 Å². The monoisotopic (exact) mass is 602 g/mol. The number of nitrogens with zero attached hydrogens (tertiary/aromatic N) is 1. The molecule has 0 bridgehead atoms. The molecule has 42 heavy (non-hydrogen) atoms. The van der Waals surface area contributed by atoms with Gasteiger partial charge in [-0.3, -0.25) is 4.79 Å². The van der Waals surface area contributed by atoms with Gasteiger partial charge in [0.15, 0.2) is 0 Å². The quantitative estimate of drug-likeness (QED) is 0.297. The lowest BCUT2D eigenvalue weighted by molar-refractivity contribution is -0.139. The molecule has 0 unspecified atom stereocenters. The summed E-state index contributed by atoms with van der Waals surface area (Å²) >= 11 is 6.09. The number of amides is 1. The van der Waals surface area contributed by atoms with Crippen LogP contribution in [-0.4, -0.2) is 43.9 Å². The topological polar surface area (TPSA) is 97.3 Å². The van der Waals surface area contributed by atoms with E-state index >= 15 is 0 Å². The number of carbonyl (C=O) groups excluding carboxylic acids is 1. The van der Waals surface area contributed by atoms with Crippen LogP contribution in [0.1, 0.15) is 29.2 Å². The summed E-state index contributed by atoms with van der Waals surface area (Å²) in [6, 6.07) is 12.7. The van der Waals surface area contributed by atoms with Crippen molar-refractivity contribution in [2.45, 2.75) is 31.2 Å². The zero-order valence-corrected chi connectivity index (χ0v) is 23.3. The standard InChI is InChI=1S/C30H26ClF3N2O6/c1-40-21-12-20(13-23(14-21)42-22-9-18(10-22)29(38)39)35-27(16-3-5-19(31)6-4-16)28(37)36-8-7-17-11-26(41-2)24(15-25(17)36)30(32,33)34/h3-6,9,11-15,22,27,35H,7-8,10H2,1-2H3,(H,38,39)/t22-,27+/m1/s1. The number of methoxy groups -OCH3 is 2. The summed E-state index contributed by atoms with van der Waals surface area (Å²) in [6.45, 7) is 0.177. The summed E-state index contributed by atoms with van der Waals surface area (Å²) in [5.41, 5.74) is 0.978. The summed E-state index contributed by atoms with van der Waals surface area (Å²) in [4.78, 5) is 26.5. The van der Waals surface area contributed by atoms with Crippen LogP contribution in [0.3, 0.4) is 0 Å². The van der Waals surface area contributed by atoms with Crippen molar-refractivity contribution in [2.75, 3.05) is 31.0 Å². The number of benzene rings is 3. The van der Waals surface area contributed by atoms with Gasteiger partial charge in [0.2, 0.25) is 0 Å². The number of nitrogens with one attached hydrogen (secondary N) is 1. The van der Waals surface area contributed by atoms with Crippen LogP contribution in [0.15, 0.2) is 66.2 Å². The maximum Gasteiger partial charge on any atom is 0.420 e. The van der Waals surface area contributed by atoms with Gasteiger partial charge >= 0.3 is 12.1 Å². The zero-order valence-electron chi connectivity index (χ0n) is 22.5. The van der Waals surface area contributed by atoms with Crippen molar-refractivity contribution < 1.29 is 42.1 Å². The number of carboxylic acids is 1. The third kappa shape index (κ3) is 5.96. The molecule has 1 aliphatic carbocycles. The third-order valence-electron chi connectivity index (χ3n) is 7.12. The molecule has 0 saturated carbocycles. The van der Waals surface area contributed by atoms with Gasteiger partial charge in [-0.1, -0.05) is 23.7 Å². The van der Waals surface area contributed by atoms with E-state index < -0.39 is 35.8 Å². The molecular formula is C30H26ClF3N2O6. The van der Waals surface area contributed by atoms with Gasteiger partial charge in [0, 0.05) is 53.1 Å². The minimum atomic E-state index is -4.68. The highest BCUT2D eigenvalue weighted by Crippen LogP contribution is 2.43. The Balaban J connectivity index is 1.48. The van der Waals surface area contributed by atoms with E-state index in [0.717, 1.165) is 6.07 Å². The summed E-state index contributed by atoms with van der Waals surface area (Å²) < 4.78 is 57.7. The van der Waals surface area contributed by atoms with E-state index in [1.54, 1.807) is 42.5 Å². The molecule has 2 aliphatic rings. The lowest BCUT2D eigenvalue weighted by atomic mass is 9.96. The molecule has 2 N–H and O–H groups in total. The van der Waals surface area contributed by atoms with E-state index in [9.17, 15) is 22.8 Å². The van der Waals surface area contributed by atoms with Crippen LogP contribution in [0.5, 0.6) is 17.2 Å². The molecule has 1 heterocycles. The fourth-order valence-corrected chi connectivity index (χ4v) is 5.08. The fraction of sp³-hybridized carbons (Fsp3) is 0.267. The van der Waals surface area contributed by atoms with E-state index in [1.165, 1.54) is 31.3 Å². The minimum Gasteiger partial charge on any atom is -0.497 e. The SMILES string of the molecule is COc1cc(N[C@H](C(=O)N2CCc3cc(OC)c(C(F)(F)F)cc32)c2ccc(Cl)cc2)cc(O[C@@H]2C=C(C(=O)O)C2)c1. The molecule has 8 nitrogen and oxygen atoms in total. The number of halogens is 4. The Morgan fingerprint density at radius 1 is 1.05 bits per heavy atom. The van der Waals surface area contributed by atoms with Gasteiger partial charge in [-0.2, -0.15) is 13.2 Å².